The second kappa shape index (κ2) is 2.82. The molecule has 1 aliphatic rings. The Kier molecular flexibility index (Phi) is 2.05. The number of carbonyl (C=O) groups excluding carboxylic acids is 1. The molecule has 1 amide bonds. The zero-order valence-corrected chi connectivity index (χ0v) is 5.52. The molecule has 1 N–H and O–H groups in total. The molecule has 1 rings (SSSR count). The maximum atomic E-state index is 10.2. The molecule has 1 saturated carbocycles. The van der Waals surface area contributed by atoms with Crippen LogP contribution in [0.4, 0.5) is 0 Å². The number of amides is 1. The van der Waals surface area contributed by atoms with Crippen LogP contribution in [-0.2, 0) is 9.63 Å². The van der Waals surface area contributed by atoms with E-state index in [0.29, 0.717) is 12.5 Å². The molecular formula is C6H11NO2. The Morgan fingerprint density at radius 1 is 1.78 bits per heavy atom. The van der Waals surface area contributed by atoms with E-state index in [4.69, 9.17) is 4.84 Å². The van der Waals surface area contributed by atoms with E-state index in [1.165, 1.54) is 19.8 Å². The number of nitrogens with one attached hydrogen (secondary N) is 1. The Hall–Kier alpha value is -0.570. The molecule has 0 heterocycles. The fourth-order valence-electron chi connectivity index (χ4n) is 0.546. The molecule has 1 aliphatic carbocycles. The summed E-state index contributed by atoms with van der Waals surface area (Å²) in [6.45, 7) is 2.12. The van der Waals surface area contributed by atoms with Crippen molar-refractivity contribution in [2.45, 2.75) is 19.8 Å². The first-order valence-electron chi connectivity index (χ1n) is 3.17. The highest BCUT2D eigenvalue weighted by atomic mass is 16.6. The molecule has 0 saturated heterocycles. The fraction of sp³-hybridized carbons (Fsp3) is 0.833. The van der Waals surface area contributed by atoms with E-state index >= 15 is 0 Å². The molecule has 0 atom stereocenters. The summed E-state index contributed by atoms with van der Waals surface area (Å²) < 4.78 is 0. The van der Waals surface area contributed by atoms with Crippen LogP contribution in [0.15, 0.2) is 0 Å². The highest BCUT2D eigenvalue weighted by Gasteiger charge is 2.21. The lowest BCUT2D eigenvalue weighted by molar-refractivity contribution is -0.131. The predicted octanol–water partition coefficient (Wildman–Crippen LogP) is 0.464. The fourth-order valence-corrected chi connectivity index (χ4v) is 0.546. The average molecular weight is 129 g/mol. The molecule has 0 spiro atoms. The van der Waals surface area contributed by atoms with Crippen LogP contribution in [-0.4, -0.2) is 12.5 Å². The molecule has 3 nitrogen and oxygen atoms in total. The van der Waals surface area contributed by atoms with Crippen LogP contribution < -0.4 is 5.48 Å². The van der Waals surface area contributed by atoms with E-state index in [9.17, 15) is 4.79 Å². The monoisotopic (exact) mass is 129 g/mol. The third-order valence-electron chi connectivity index (χ3n) is 1.23. The predicted molar refractivity (Wildman–Crippen MR) is 32.5 cm³/mol. The van der Waals surface area contributed by atoms with Gasteiger partial charge in [0.25, 0.3) is 0 Å². The number of hydrogen-bond acceptors (Lipinski definition) is 2. The van der Waals surface area contributed by atoms with Gasteiger partial charge < -0.3 is 0 Å². The lowest BCUT2D eigenvalue weighted by Gasteiger charge is -1.99. The summed E-state index contributed by atoms with van der Waals surface area (Å²) in [5.74, 6) is 0.576. The minimum atomic E-state index is -0.129. The first-order chi connectivity index (χ1) is 4.29. The van der Waals surface area contributed by atoms with Crippen molar-refractivity contribution in [3.63, 3.8) is 0 Å². The van der Waals surface area contributed by atoms with Crippen LogP contribution in [0, 0.1) is 5.92 Å². The third kappa shape index (κ3) is 3.08. The lowest BCUT2D eigenvalue weighted by atomic mass is 10.5. The Morgan fingerprint density at radius 2 is 2.44 bits per heavy atom. The van der Waals surface area contributed by atoms with Crippen molar-refractivity contribution in [2.75, 3.05) is 6.61 Å². The van der Waals surface area contributed by atoms with E-state index in [-0.39, 0.29) is 5.91 Å². The molecular weight excluding hydrogens is 118 g/mol. The molecule has 3 heteroatoms. The Labute approximate surface area is 54.3 Å². The van der Waals surface area contributed by atoms with E-state index < -0.39 is 0 Å². The van der Waals surface area contributed by atoms with Crippen molar-refractivity contribution in [1.29, 1.82) is 0 Å². The topological polar surface area (TPSA) is 38.3 Å². The van der Waals surface area contributed by atoms with Gasteiger partial charge in [-0.3, -0.25) is 9.63 Å². The van der Waals surface area contributed by atoms with Crippen molar-refractivity contribution in [3.8, 4) is 0 Å². The quantitative estimate of drug-likeness (QED) is 0.562. The van der Waals surface area contributed by atoms with Gasteiger partial charge in [0.05, 0.1) is 6.61 Å². The Morgan fingerprint density at radius 3 is 2.89 bits per heavy atom. The SMILES string of the molecule is CC(=O)NOCC1CC1. The number of rotatable bonds is 3. The van der Waals surface area contributed by atoms with Crippen LogP contribution >= 0.6 is 0 Å². The molecule has 0 bridgehead atoms. The third-order valence-corrected chi connectivity index (χ3v) is 1.23. The van der Waals surface area contributed by atoms with Crippen LogP contribution in [0.25, 0.3) is 0 Å². The standard InChI is InChI=1S/C6H11NO2/c1-5(8)7-9-4-6-2-3-6/h6H,2-4H2,1H3,(H,7,8). The van der Waals surface area contributed by atoms with Gasteiger partial charge >= 0.3 is 0 Å². The van der Waals surface area contributed by atoms with Gasteiger partial charge in [-0.25, -0.2) is 5.48 Å². The van der Waals surface area contributed by atoms with E-state index in [0.717, 1.165) is 0 Å². The van der Waals surface area contributed by atoms with Crippen molar-refractivity contribution < 1.29 is 9.63 Å². The summed E-state index contributed by atoms with van der Waals surface area (Å²) in [7, 11) is 0. The zero-order valence-electron chi connectivity index (χ0n) is 5.52. The van der Waals surface area contributed by atoms with Crippen molar-refractivity contribution in [1.82, 2.24) is 5.48 Å². The zero-order chi connectivity index (χ0) is 6.69. The molecule has 9 heavy (non-hydrogen) atoms. The van der Waals surface area contributed by atoms with E-state index in [1.807, 2.05) is 0 Å². The first kappa shape index (κ1) is 6.55. The van der Waals surface area contributed by atoms with Gasteiger partial charge in [-0.15, -0.1) is 0 Å². The molecule has 0 aliphatic heterocycles. The minimum absolute atomic E-state index is 0.129. The van der Waals surface area contributed by atoms with Crippen molar-refractivity contribution in [2.24, 2.45) is 5.92 Å². The lowest BCUT2D eigenvalue weighted by Crippen LogP contribution is -2.21. The normalized spacial score (nSPS) is 17.4. The van der Waals surface area contributed by atoms with Crippen LogP contribution in [0.3, 0.4) is 0 Å². The van der Waals surface area contributed by atoms with Gasteiger partial charge in [0.15, 0.2) is 0 Å². The number of hydroxylamine groups is 1. The van der Waals surface area contributed by atoms with Gasteiger partial charge in [0.2, 0.25) is 5.91 Å². The molecule has 0 unspecified atom stereocenters. The van der Waals surface area contributed by atoms with Gasteiger partial charge in [-0.05, 0) is 18.8 Å². The maximum absolute atomic E-state index is 10.2. The summed E-state index contributed by atoms with van der Waals surface area (Å²) in [5, 5.41) is 0. The Bertz CT molecular complexity index is 110. The first-order valence-corrected chi connectivity index (χ1v) is 3.17. The van der Waals surface area contributed by atoms with Crippen LogP contribution in [0.5, 0.6) is 0 Å². The summed E-state index contributed by atoms with van der Waals surface area (Å²) in [4.78, 5) is 15.0. The number of carbonyl (C=O) groups is 1. The summed E-state index contributed by atoms with van der Waals surface area (Å²) >= 11 is 0. The van der Waals surface area contributed by atoms with Crippen molar-refractivity contribution in [3.05, 3.63) is 0 Å². The average Bonchev–Trinajstić information content (AvgIpc) is 2.48. The maximum Gasteiger partial charge on any atom is 0.240 e. The summed E-state index contributed by atoms with van der Waals surface area (Å²) in [6, 6.07) is 0. The van der Waals surface area contributed by atoms with Gasteiger partial charge in [0, 0.05) is 6.92 Å². The molecule has 0 radical (unpaired) electrons. The highest BCUT2D eigenvalue weighted by molar-refractivity contribution is 5.71. The molecule has 0 aromatic heterocycles. The second-order valence-corrected chi connectivity index (χ2v) is 2.41. The summed E-state index contributed by atoms with van der Waals surface area (Å²) in [5.41, 5.74) is 2.28. The van der Waals surface area contributed by atoms with Crippen LogP contribution in [0.1, 0.15) is 19.8 Å². The van der Waals surface area contributed by atoms with E-state index in [1.54, 1.807) is 0 Å². The molecule has 0 aromatic carbocycles. The highest BCUT2D eigenvalue weighted by Crippen LogP contribution is 2.28. The minimum Gasteiger partial charge on any atom is -0.273 e. The van der Waals surface area contributed by atoms with Gasteiger partial charge in [0.1, 0.15) is 0 Å². The largest absolute Gasteiger partial charge is 0.273 e. The molecule has 52 valence electrons. The Balaban J connectivity index is 1.86. The number of hydrogen-bond donors (Lipinski definition) is 1. The smallest absolute Gasteiger partial charge is 0.240 e. The summed E-state index contributed by atoms with van der Waals surface area (Å²) in [6.07, 6.45) is 2.50. The molecule has 0 aromatic rings. The van der Waals surface area contributed by atoms with Crippen LogP contribution in [0.2, 0.25) is 0 Å². The molecule has 1 fully saturated rings. The second-order valence-electron chi connectivity index (χ2n) is 2.41. The van der Waals surface area contributed by atoms with Gasteiger partial charge in [-0.1, -0.05) is 0 Å². The van der Waals surface area contributed by atoms with E-state index in [2.05, 4.69) is 5.48 Å². The van der Waals surface area contributed by atoms with Gasteiger partial charge in [-0.2, -0.15) is 0 Å². The van der Waals surface area contributed by atoms with Crippen molar-refractivity contribution >= 4 is 5.91 Å².